The zero-order chi connectivity index (χ0) is 17.0. The van der Waals surface area contributed by atoms with E-state index in [4.69, 9.17) is 9.47 Å². The molecular formula is C19H36IN3O2. The van der Waals surface area contributed by atoms with Crippen LogP contribution in [0.1, 0.15) is 51.9 Å². The van der Waals surface area contributed by atoms with E-state index in [-0.39, 0.29) is 24.0 Å². The van der Waals surface area contributed by atoms with Gasteiger partial charge in [-0.2, -0.15) is 0 Å². The highest BCUT2D eigenvalue weighted by molar-refractivity contribution is 14.0. The molecule has 146 valence electrons. The fourth-order valence-electron chi connectivity index (χ4n) is 5.12. The van der Waals surface area contributed by atoms with Gasteiger partial charge in [0.15, 0.2) is 5.96 Å². The molecule has 1 heterocycles. The van der Waals surface area contributed by atoms with Crippen molar-refractivity contribution in [3.05, 3.63) is 0 Å². The van der Waals surface area contributed by atoms with E-state index in [1.54, 1.807) is 7.11 Å². The Bertz CT molecular complexity index is 440. The van der Waals surface area contributed by atoms with E-state index in [0.29, 0.717) is 23.5 Å². The normalized spacial score (nSPS) is 31.6. The van der Waals surface area contributed by atoms with Crippen LogP contribution in [0.25, 0.3) is 0 Å². The highest BCUT2D eigenvalue weighted by Crippen LogP contribution is 2.53. The summed E-state index contributed by atoms with van der Waals surface area (Å²) in [6, 6.07) is 0.523. The second kappa shape index (κ2) is 9.74. The largest absolute Gasteiger partial charge is 0.384 e. The van der Waals surface area contributed by atoms with E-state index in [1.165, 1.54) is 38.5 Å². The minimum Gasteiger partial charge on any atom is -0.384 e. The monoisotopic (exact) mass is 465 g/mol. The van der Waals surface area contributed by atoms with Gasteiger partial charge in [-0.05, 0) is 32.6 Å². The Morgan fingerprint density at radius 3 is 2.68 bits per heavy atom. The third-order valence-corrected chi connectivity index (χ3v) is 6.44. The van der Waals surface area contributed by atoms with Crippen molar-refractivity contribution in [2.45, 2.75) is 64.0 Å². The summed E-state index contributed by atoms with van der Waals surface area (Å²) in [5.41, 5.74) is 0.343. The number of ether oxygens (including phenoxy) is 2. The molecule has 3 rings (SSSR count). The van der Waals surface area contributed by atoms with Gasteiger partial charge in [-0.25, -0.2) is 0 Å². The van der Waals surface area contributed by atoms with Crippen LogP contribution in [-0.2, 0) is 9.47 Å². The second-order valence-electron chi connectivity index (χ2n) is 7.77. The van der Waals surface area contributed by atoms with Gasteiger partial charge >= 0.3 is 0 Å². The van der Waals surface area contributed by atoms with Gasteiger partial charge in [0.25, 0.3) is 0 Å². The van der Waals surface area contributed by atoms with Gasteiger partial charge < -0.3 is 19.7 Å². The fraction of sp³-hybridized carbons (Fsp3) is 0.947. The molecule has 1 N–H and O–H groups in total. The van der Waals surface area contributed by atoms with Crippen LogP contribution in [0.4, 0.5) is 0 Å². The summed E-state index contributed by atoms with van der Waals surface area (Å²) in [5.74, 6) is 1.72. The van der Waals surface area contributed by atoms with Gasteiger partial charge in [-0.1, -0.05) is 19.3 Å². The summed E-state index contributed by atoms with van der Waals surface area (Å²) in [4.78, 5) is 7.00. The zero-order valence-corrected chi connectivity index (χ0v) is 18.5. The van der Waals surface area contributed by atoms with Crippen molar-refractivity contribution < 1.29 is 9.47 Å². The molecule has 25 heavy (non-hydrogen) atoms. The molecule has 3 aliphatic rings. The quantitative estimate of drug-likeness (QED) is 0.385. The van der Waals surface area contributed by atoms with Crippen LogP contribution in [0.5, 0.6) is 0 Å². The summed E-state index contributed by atoms with van der Waals surface area (Å²) in [6.07, 6.45) is 9.45. The molecule has 0 bridgehead atoms. The second-order valence-corrected chi connectivity index (χ2v) is 7.77. The molecule has 2 aliphatic carbocycles. The Morgan fingerprint density at radius 1 is 1.28 bits per heavy atom. The summed E-state index contributed by atoms with van der Waals surface area (Å²) < 4.78 is 11.4. The predicted molar refractivity (Wildman–Crippen MR) is 113 cm³/mol. The van der Waals surface area contributed by atoms with Gasteiger partial charge in [0.05, 0.1) is 12.7 Å². The molecule has 3 unspecified atom stereocenters. The molecule has 0 amide bonds. The van der Waals surface area contributed by atoms with Gasteiger partial charge in [0.1, 0.15) is 0 Å². The minimum absolute atomic E-state index is 0. The number of methoxy groups -OCH3 is 1. The van der Waals surface area contributed by atoms with Crippen molar-refractivity contribution in [2.24, 2.45) is 16.3 Å². The third-order valence-electron chi connectivity index (χ3n) is 6.44. The molecule has 5 nitrogen and oxygen atoms in total. The number of likely N-dealkylation sites (tertiary alicyclic amines) is 1. The summed E-state index contributed by atoms with van der Waals surface area (Å²) in [6.45, 7) is 5.95. The summed E-state index contributed by atoms with van der Waals surface area (Å²) in [5, 5.41) is 3.81. The van der Waals surface area contributed by atoms with Gasteiger partial charge in [-0.3, -0.25) is 4.99 Å². The first-order chi connectivity index (χ1) is 11.7. The standard InChI is InChI=1S/C19H35N3O2.HI/c1-4-24-17-12-16(19(17)9-6-5-7-10-19)21-18(20-2)22-11-8-15(13-22)14-23-3;/h15-17H,4-14H2,1-3H3,(H,20,21);1H. The summed E-state index contributed by atoms with van der Waals surface area (Å²) >= 11 is 0. The van der Waals surface area contributed by atoms with Crippen molar-refractivity contribution in [3.63, 3.8) is 0 Å². The molecule has 1 aliphatic heterocycles. The van der Waals surface area contributed by atoms with Crippen molar-refractivity contribution in [3.8, 4) is 0 Å². The van der Waals surface area contributed by atoms with Crippen LogP contribution in [0.15, 0.2) is 4.99 Å². The first-order valence-corrected chi connectivity index (χ1v) is 9.82. The molecule has 3 fully saturated rings. The maximum atomic E-state index is 6.08. The van der Waals surface area contributed by atoms with Crippen molar-refractivity contribution >= 4 is 29.9 Å². The molecule has 6 heteroatoms. The van der Waals surface area contributed by atoms with Crippen molar-refractivity contribution in [1.82, 2.24) is 10.2 Å². The lowest BCUT2D eigenvalue weighted by Crippen LogP contribution is -2.66. The van der Waals surface area contributed by atoms with Crippen LogP contribution in [0.2, 0.25) is 0 Å². The lowest BCUT2D eigenvalue weighted by atomic mass is 9.55. The molecule has 0 aromatic carbocycles. The molecule has 1 saturated heterocycles. The maximum Gasteiger partial charge on any atom is 0.193 e. The van der Waals surface area contributed by atoms with E-state index in [2.05, 4.69) is 22.1 Å². The third kappa shape index (κ3) is 4.43. The number of hydrogen-bond donors (Lipinski definition) is 1. The van der Waals surface area contributed by atoms with Crippen molar-refractivity contribution in [1.29, 1.82) is 0 Å². The highest BCUT2D eigenvalue weighted by Gasteiger charge is 2.56. The lowest BCUT2D eigenvalue weighted by molar-refractivity contribution is -0.146. The van der Waals surface area contributed by atoms with E-state index in [9.17, 15) is 0 Å². The van der Waals surface area contributed by atoms with E-state index < -0.39 is 0 Å². The zero-order valence-electron chi connectivity index (χ0n) is 16.1. The number of hydrogen-bond acceptors (Lipinski definition) is 3. The number of aliphatic imine (C=N–C) groups is 1. The number of rotatable bonds is 5. The van der Waals surface area contributed by atoms with Gasteiger partial charge in [0.2, 0.25) is 0 Å². The van der Waals surface area contributed by atoms with E-state index >= 15 is 0 Å². The molecule has 1 spiro atoms. The Labute approximate surface area is 170 Å². The maximum absolute atomic E-state index is 6.08. The smallest absolute Gasteiger partial charge is 0.193 e. The molecular weight excluding hydrogens is 429 g/mol. The average molecular weight is 465 g/mol. The number of nitrogens with zero attached hydrogens (tertiary/aromatic N) is 2. The van der Waals surface area contributed by atoms with Crippen LogP contribution in [0.3, 0.4) is 0 Å². The Kier molecular flexibility index (Phi) is 8.27. The van der Waals surface area contributed by atoms with Crippen LogP contribution >= 0.6 is 24.0 Å². The Morgan fingerprint density at radius 2 is 2.04 bits per heavy atom. The molecule has 0 aromatic rings. The SMILES string of the molecule is CCOC1CC(NC(=NC)N2CCC(COC)C2)C12CCCCC2.I. The molecule has 2 saturated carbocycles. The highest BCUT2D eigenvalue weighted by atomic mass is 127. The Hall–Kier alpha value is -0.0800. The number of guanidine groups is 1. The van der Waals surface area contributed by atoms with Crippen LogP contribution in [-0.4, -0.2) is 63.5 Å². The first kappa shape index (κ1) is 21.2. The molecule has 3 atom stereocenters. The van der Waals surface area contributed by atoms with Gasteiger partial charge in [-0.15, -0.1) is 24.0 Å². The van der Waals surface area contributed by atoms with Crippen molar-refractivity contribution in [2.75, 3.05) is 40.5 Å². The predicted octanol–water partition coefficient (Wildman–Crippen LogP) is 3.28. The molecule has 0 aromatic heterocycles. The molecule has 0 radical (unpaired) electrons. The average Bonchev–Trinajstić information content (AvgIpc) is 3.07. The minimum atomic E-state index is 0. The van der Waals surface area contributed by atoms with E-state index in [0.717, 1.165) is 38.7 Å². The lowest BCUT2D eigenvalue weighted by Gasteiger charge is -2.58. The van der Waals surface area contributed by atoms with E-state index in [1.807, 2.05) is 7.05 Å². The fourth-order valence-corrected chi connectivity index (χ4v) is 5.12. The number of halogens is 1. The van der Waals surface area contributed by atoms with Gasteiger partial charge in [0, 0.05) is 51.2 Å². The topological polar surface area (TPSA) is 46.1 Å². The first-order valence-electron chi connectivity index (χ1n) is 9.82. The van der Waals surface area contributed by atoms with Crippen LogP contribution < -0.4 is 5.32 Å². The van der Waals surface area contributed by atoms with Crippen LogP contribution in [0, 0.1) is 11.3 Å². The number of nitrogens with one attached hydrogen (secondary N) is 1. The Balaban J connectivity index is 0.00000225. The summed E-state index contributed by atoms with van der Waals surface area (Å²) in [7, 11) is 3.71.